The van der Waals surface area contributed by atoms with Crippen LogP contribution in [0, 0.1) is 6.92 Å². The Morgan fingerprint density at radius 3 is 2.88 bits per heavy atom. The summed E-state index contributed by atoms with van der Waals surface area (Å²) >= 11 is 0. The number of hydrogen-bond acceptors (Lipinski definition) is 2. The average molecular weight is 211 g/mol. The highest BCUT2D eigenvalue weighted by Crippen LogP contribution is 2.32. The summed E-state index contributed by atoms with van der Waals surface area (Å²) in [7, 11) is 0. The van der Waals surface area contributed by atoms with Gasteiger partial charge in [-0.1, -0.05) is 6.58 Å². The fourth-order valence-corrected chi connectivity index (χ4v) is 2.07. The molecule has 0 aliphatic carbocycles. The molecule has 0 amide bonds. The first kappa shape index (κ1) is 9.28. The highest BCUT2D eigenvalue weighted by Gasteiger charge is 2.14. The van der Waals surface area contributed by atoms with Crippen molar-refractivity contribution in [2.24, 2.45) is 0 Å². The van der Waals surface area contributed by atoms with E-state index in [0.717, 1.165) is 34.9 Å². The van der Waals surface area contributed by atoms with E-state index < -0.39 is 0 Å². The molecule has 1 aliphatic rings. The van der Waals surface area contributed by atoms with Crippen molar-refractivity contribution in [2.75, 3.05) is 5.32 Å². The van der Waals surface area contributed by atoms with E-state index in [9.17, 15) is 0 Å². The minimum atomic E-state index is 0.906. The van der Waals surface area contributed by atoms with Gasteiger partial charge in [0.1, 0.15) is 11.5 Å². The van der Waals surface area contributed by atoms with Gasteiger partial charge >= 0.3 is 0 Å². The Hall–Kier alpha value is -1.96. The molecule has 1 aromatic heterocycles. The molecule has 80 valence electrons. The molecule has 0 radical (unpaired) electrons. The summed E-state index contributed by atoms with van der Waals surface area (Å²) < 4.78 is 5.61. The van der Waals surface area contributed by atoms with Gasteiger partial charge in [-0.15, -0.1) is 0 Å². The van der Waals surface area contributed by atoms with E-state index >= 15 is 0 Å². The van der Waals surface area contributed by atoms with Crippen LogP contribution in [0.2, 0.25) is 0 Å². The molecular weight excluding hydrogens is 198 g/mol. The minimum Gasteiger partial charge on any atom is -0.461 e. The SMILES string of the molecule is C=C1Cc2cc(-c3ccc(C)o3)ccc2N1. The average Bonchev–Trinajstić information content (AvgIpc) is 2.81. The molecule has 2 heterocycles. The van der Waals surface area contributed by atoms with Crippen LogP contribution in [0.5, 0.6) is 0 Å². The largest absolute Gasteiger partial charge is 0.461 e. The van der Waals surface area contributed by atoms with Crippen LogP contribution in [0.15, 0.2) is 47.0 Å². The number of fused-ring (bicyclic) bond motifs is 1. The molecule has 1 aromatic carbocycles. The second-order valence-corrected chi connectivity index (χ2v) is 4.19. The number of hydrogen-bond donors (Lipinski definition) is 1. The molecule has 0 bridgehead atoms. The van der Waals surface area contributed by atoms with Gasteiger partial charge in [-0.25, -0.2) is 0 Å². The van der Waals surface area contributed by atoms with Gasteiger partial charge in [-0.2, -0.15) is 0 Å². The van der Waals surface area contributed by atoms with Crippen LogP contribution in [-0.2, 0) is 6.42 Å². The van der Waals surface area contributed by atoms with Gasteiger partial charge in [0, 0.05) is 23.4 Å². The fraction of sp³-hybridized carbons (Fsp3) is 0.143. The third-order valence-electron chi connectivity index (χ3n) is 2.85. The molecule has 0 unspecified atom stereocenters. The van der Waals surface area contributed by atoms with Crippen LogP contribution in [0.25, 0.3) is 11.3 Å². The number of aryl methyl sites for hydroxylation is 1. The van der Waals surface area contributed by atoms with Gasteiger partial charge in [0.05, 0.1) is 0 Å². The number of furan rings is 1. The molecule has 1 aliphatic heterocycles. The standard InChI is InChI=1S/C14H13NO/c1-9-7-12-8-11(4-5-13(12)15-9)14-6-3-10(2)16-14/h3-6,8,15H,1,7H2,2H3. The van der Waals surface area contributed by atoms with Crippen LogP contribution < -0.4 is 5.32 Å². The molecule has 0 atom stereocenters. The van der Waals surface area contributed by atoms with E-state index in [4.69, 9.17) is 4.42 Å². The topological polar surface area (TPSA) is 25.2 Å². The van der Waals surface area contributed by atoms with Crippen molar-refractivity contribution in [3.05, 3.63) is 53.9 Å². The van der Waals surface area contributed by atoms with Crippen LogP contribution in [0.3, 0.4) is 0 Å². The Kier molecular flexibility index (Phi) is 1.90. The maximum Gasteiger partial charge on any atom is 0.134 e. The zero-order valence-electron chi connectivity index (χ0n) is 9.21. The number of benzene rings is 1. The van der Waals surface area contributed by atoms with Crippen molar-refractivity contribution >= 4 is 5.69 Å². The molecule has 2 nitrogen and oxygen atoms in total. The van der Waals surface area contributed by atoms with Crippen molar-refractivity contribution in [1.29, 1.82) is 0 Å². The number of rotatable bonds is 1. The zero-order chi connectivity index (χ0) is 11.1. The highest BCUT2D eigenvalue weighted by molar-refractivity contribution is 5.69. The second kappa shape index (κ2) is 3.27. The Morgan fingerprint density at radius 2 is 2.12 bits per heavy atom. The molecule has 2 heteroatoms. The summed E-state index contributed by atoms with van der Waals surface area (Å²) in [4.78, 5) is 0. The van der Waals surface area contributed by atoms with Gasteiger partial charge < -0.3 is 9.73 Å². The molecule has 2 aromatic rings. The predicted octanol–water partition coefficient (Wildman–Crippen LogP) is 3.74. The molecule has 0 saturated heterocycles. The third-order valence-corrected chi connectivity index (χ3v) is 2.85. The van der Waals surface area contributed by atoms with Gasteiger partial charge in [-0.3, -0.25) is 0 Å². The molecule has 0 saturated carbocycles. The highest BCUT2D eigenvalue weighted by atomic mass is 16.3. The van der Waals surface area contributed by atoms with Crippen LogP contribution in [0.4, 0.5) is 5.69 Å². The monoisotopic (exact) mass is 211 g/mol. The van der Waals surface area contributed by atoms with Crippen LogP contribution in [0.1, 0.15) is 11.3 Å². The first-order valence-corrected chi connectivity index (χ1v) is 5.37. The lowest BCUT2D eigenvalue weighted by Crippen LogP contribution is -1.86. The normalized spacial score (nSPS) is 13.7. The summed E-state index contributed by atoms with van der Waals surface area (Å²) in [6.45, 7) is 5.90. The lowest BCUT2D eigenvalue weighted by molar-refractivity contribution is 0.548. The van der Waals surface area contributed by atoms with Crippen molar-refractivity contribution in [2.45, 2.75) is 13.3 Å². The third kappa shape index (κ3) is 1.43. The minimum absolute atomic E-state index is 0.906. The number of allylic oxidation sites excluding steroid dienone is 1. The summed E-state index contributed by atoms with van der Waals surface area (Å²) in [5, 5.41) is 3.26. The predicted molar refractivity (Wildman–Crippen MR) is 65.3 cm³/mol. The van der Waals surface area contributed by atoms with Gasteiger partial charge in [0.25, 0.3) is 0 Å². The fourth-order valence-electron chi connectivity index (χ4n) is 2.07. The van der Waals surface area contributed by atoms with Crippen LogP contribution in [-0.4, -0.2) is 0 Å². The van der Waals surface area contributed by atoms with Crippen molar-refractivity contribution in [3.63, 3.8) is 0 Å². The molecule has 0 spiro atoms. The maximum atomic E-state index is 5.61. The van der Waals surface area contributed by atoms with Crippen molar-refractivity contribution in [3.8, 4) is 11.3 Å². The van der Waals surface area contributed by atoms with Gasteiger partial charge in [0.2, 0.25) is 0 Å². The molecule has 3 rings (SSSR count). The number of anilines is 1. The van der Waals surface area contributed by atoms with E-state index in [1.54, 1.807) is 0 Å². The van der Waals surface area contributed by atoms with E-state index in [1.807, 2.05) is 19.1 Å². The quantitative estimate of drug-likeness (QED) is 0.777. The summed E-state index contributed by atoms with van der Waals surface area (Å²) in [6, 6.07) is 10.3. The molecule has 1 N–H and O–H groups in total. The summed E-state index contributed by atoms with van der Waals surface area (Å²) in [6.07, 6.45) is 0.906. The summed E-state index contributed by atoms with van der Waals surface area (Å²) in [5.41, 5.74) is 4.64. The lowest BCUT2D eigenvalue weighted by Gasteiger charge is -2.01. The molecule has 0 fully saturated rings. The Bertz CT molecular complexity index is 566. The smallest absolute Gasteiger partial charge is 0.134 e. The van der Waals surface area contributed by atoms with E-state index in [1.165, 1.54) is 5.56 Å². The van der Waals surface area contributed by atoms with Gasteiger partial charge in [-0.05, 0) is 42.8 Å². The summed E-state index contributed by atoms with van der Waals surface area (Å²) in [5.74, 6) is 1.87. The lowest BCUT2D eigenvalue weighted by atomic mass is 10.1. The molecule has 16 heavy (non-hydrogen) atoms. The maximum absolute atomic E-state index is 5.61. The Balaban J connectivity index is 2.05. The Labute approximate surface area is 94.6 Å². The van der Waals surface area contributed by atoms with E-state index in [0.29, 0.717) is 0 Å². The van der Waals surface area contributed by atoms with Crippen molar-refractivity contribution in [1.82, 2.24) is 0 Å². The Morgan fingerprint density at radius 1 is 1.25 bits per heavy atom. The first-order valence-electron chi connectivity index (χ1n) is 5.37. The van der Waals surface area contributed by atoms with E-state index in [-0.39, 0.29) is 0 Å². The second-order valence-electron chi connectivity index (χ2n) is 4.19. The number of nitrogens with one attached hydrogen (secondary N) is 1. The van der Waals surface area contributed by atoms with Crippen molar-refractivity contribution < 1.29 is 4.42 Å². The first-order chi connectivity index (χ1) is 7.72. The van der Waals surface area contributed by atoms with E-state index in [2.05, 4.69) is 30.1 Å². The van der Waals surface area contributed by atoms with Crippen LogP contribution >= 0.6 is 0 Å². The molecular formula is C14H13NO. The zero-order valence-corrected chi connectivity index (χ0v) is 9.21. The van der Waals surface area contributed by atoms with Gasteiger partial charge in [0.15, 0.2) is 0 Å².